The smallest absolute Gasteiger partial charge is 0.273 e. The fourth-order valence-corrected chi connectivity index (χ4v) is 3.35. The minimum absolute atomic E-state index is 0.0826. The van der Waals surface area contributed by atoms with Crippen LogP contribution in [0, 0.1) is 5.92 Å². The van der Waals surface area contributed by atoms with Crippen molar-refractivity contribution in [1.29, 1.82) is 0 Å². The standard InChI is InChI=1S/C15H25N5O/c21-15(17-10-12-4-2-1-3-5-12)14-11-20(19-18-14)13-6-8-16-9-7-13/h11-13,16H,1-10H2,(H,17,21). The van der Waals surface area contributed by atoms with Gasteiger partial charge in [0.1, 0.15) is 0 Å². The molecule has 3 rings (SSSR count). The molecule has 0 unspecified atom stereocenters. The highest BCUT2D eigenvalue weighted by Gasteiger charge is 2.20. The Balaban J connectivity index is 1.51. The molecule has 1 aliphatic carbocycles. The van der Waals surface area contributed by atoms with Gasteiger partial charge in [0.2, 0.25) is 0 Å². The second-order valence-corrected chi connectivity index (χ2v) is 6.28. The molecule has 2 N–H and O–H groups in total. The summed E-state index contributed by atoms with van der Waals surface area (Å²) < 4.78 is 1.86. The molecule has 0 spiro atoms. The summed E-state index contributed by atoms with van der Waals surface area (Å²) in [6.45, 7) is 2.79. The molecule has 21 heavy (non-hydrogen) atoms. The van der Waals surface area contributed by atoms with E-state index in [9.17, 15) is 4.79 Å². The normalized spacial score (nSPS) is 21.3. The van der Waals surface area contributed by atoms with Crippen LogP contribution in [0.5, 0.6) is 0 Å². The van der Waals surface area contributed by atoms with Gasteiger partial charge in [0.05, 0.1) is 12.2 Å². The van der Waals surface area contributed by atoms with E-state index in [-0.39, 0.29) is 5.91 Å². The first-order chi connectivity index (χ1) is 10.3. The number of carbonyl (C=O) groups is 1. The van der Waals surface area contributed by atoms with Crippen molar-refractivity contribution in [1.82, 2.24) is 25.6 Å². The molecule has 1 aliphatic heterocycles. The number of carbonyl (C=O) groups excluding carboxylic acids is 1. The number of hydrogen-bond acceptors (Lipinski definition) is 4. The maximum atomic E-state index is 12.1. The van der Waals surface area contributed by atoms with Crippen LogP contribution in [-0.4, -0.2) is 40.5 Å². The second-order valence-electron chi connectivity index (χ2n) is 6.28. The van der Waals surface area contributed by atoms with Crippen LogP contribution >= 0.6 is 0 Å². The molecule has 2 heterocycles. The summed E-state index contributed by atoms with van der Waals surface area (Å²) in [4.78, 5) is 12.1. The minimum Gasteiger partial charge on any atom is -0.350 e. The van der Waals surface area contributed by atoms with E-state index in [1.807, 2.05) is 4.68 Å². The van der Waals surface area contributed by atoms with Crippen molar-refractivity contribution < 1.29 is 4.79 Å². The lowest BCUT2D eigenvalue weighted by Gasteiger charge is -2.22. The molecule has 1 amide bonds. The lowest BCUT2D eigenvalue weighted by Crippen LogP contribution is -2.30. The molecule has 6 nitrogen and oxygen atoms in total. The van der Waals surface area contributed by atoms with Crippen LogP contribution in [0.15, 0.2) is 6.20 Å². The third kappa shape index (κ3) is 3.81. The highest BCUT2D eigenvalue weighted by Crippen LogP contribution is 2.22. The van der Waals surface area contributed by atoms with Gasteiger partial charge in [0.15, 0.2) is 5.69 Å². The predicted octanol–water partition coefficient (Wildman–Crippen LogP) is 1.51. The summed E-state index contributed by atoms with van der Waals surface area (Å²) in [6, 6.07) is 0.374. The number of rotatable bonds is 4. The van der Waals surface area contributed by atoms with E-state index >= 15 is 0 Å². The molecular formula is C15H25N5O. The first-order valence-electron chi connectivity index (χ1n) is 8.23. The number of piperidine rings is 1. The van der Waals surface area contributed by atoms with Crippen LogP contribution < -0.4 is 10.6 Å². The molecular weight excluding hydrogens is 266 g/mol. The number of aromatic nitrogens is 3. The Kier molecular flexibility index (Phi) is 4.85. The molecule has 1 saturated carbocycles. The summed E-state index contributed by atoms with van der Waals surface area (Å²) >= 11 is 0. The fourth-order valence-electron chi connectivity index (χ4n) is 3.35. The van der Waals surface area contributed by atoms with Crippen molar-refractivity contribution in [3.05, 3.63) is 11.9 Å². The lowest BCUT2D eigenvalue weighted by molar-refractivity contribution is 0.0938. The second kappa shape index (κ2) is 7.02. The SMILES string of the molecule is O=C(NCC1CCCCC1)c1cn(C2CCNCC2)nn1. The molecule has 0 aromatic carbocycles. The van der Waals surface area contributed by atoms with Crippen LogP contribution in [0.3, 0.4) is 0 Å². The van der Waals surface area contributed by atoms with E-state index in [1.54, 1.807) is 6.20 Å². The molecule has 2 aliphatic rings. The van der Waals surface area contributed by atoms with Crippen molar-refractivity contribution in [3.8, 4) is 0 Å². The van der Waals surface area contributed by atoms with Crippen LogP contribution in [0.25, 0.3) is 0 Å². The largest absolute Gasteiger partial charge is 0.350 e. The number of hydrogen-bond donors (Lipinski definition) is 2. The predicted molar refractivity (Wildman–Crippen MR) is 80.1 cm³/mol. The van der Waals surface area contributed by atoms with E-state index in [2.05, 4.69) is 20.9 Å². The summed E-state index contributed by atoms with van der Waals surface area (Å²) in [7, 11) is 0. The first kappa shape index (κ1) is 14.5. The first-order valence-corrected chi connectivity index (χ1v) is 8.23. The zero-order valence-electron chi connectivity index (χ0n) is 12.6. The van der Waals surface area contributed by atoms with Crippen LogP contribution in [0.4, 0.5) is 0 Å². The van der Waals surface area contributed by atoms with Gasteiger partial charge >= 0.3 is 0 Å². The van der Waals surface area contributed by atoms with E-state index in [4.69, 9.17) is 0 Å². The van der Waals surface area contributed by atoms with Crippen LogP contribution in [-0.2, 0) is 0 Å². The van der Waals surface area contributed by atoms with Gasteiger partial charge in [0, 0.05) is 6.54 Å². The number of nitrogens with one attached hydrogen (secondary N) is 2. The molecule has 1 aromatic heterocycles. The minimum atomic E-state index is -0.0826. The Morgan fingerprint density at radius 2 is 2.00 bits per heavy atom. The van der Waals surface area contributed by atoms with Gasteiger partial charge in [0.25, 0.3) is 5.91 Å². The van der Waals surface area contributed by atoms with E-state index in [0.717, 1.165) is 32.5 Å². The van der Waals surface area contributed by atoms with Crippen molar-refractivity contribution in [2.24, 2.45) is 5.92 Å². The highest BCUT2D eigenvalue weighted by atomic mass is 16.2. The third-order valence-corrected chi connectivity index (χ3v) is 4.70. The maximum Gasteiger partial charge on any atom is 0.273 e. The van der Waals surface area contributed by atoms with Gasteiger partial charge in [-0.05, 0) is 44.7 Å². The van der Waals surface area contributed by atoms with Gasteiger partial charge in [-0.2, -0.15) is 0 Å². The topological polar surface area (TPSA) is 71.8 Å². The van der Waals surface area contributed by atoms with Crippen molar-refractivity contribution >= 4 is 5.91 Å². The quantitative estimate of drug-likeness (QED) is 0.882. The fraction of sp³-hybridized carbons (Fsp3) is 0.800. The monoisotopic (exact) mass is 291 g/mol. The Hall–Kier alpha value is -1.43. The Labute approximate surface area is 125 Å². The van der Waals surface area contributed by atoms with Gasteiger partial charge in [-0.25, -0.2) is 4.68 Å². The van der Waals surface area contributed by atoms with Crippen LogP contribution in [0.2, 0.25) is 0 Å². The number of amides is 1. The summed E-state index contributed by atoms with van der Waals surface area (Å²) in [5, 5.41) is 14.5. The average Bonchev–Trinajstić information content (AvgIpc) is 3.04. The van der Waals surface area contributed by atoms with Gasteiger partial charge in [-0.1, -0.05) is 24.5 Å². The highest BCUT2D eigenvalue weighted by molar-refractivity contribution is 5.91. The van der Waals surface area contributed by atoms with Crippen molar-refractivity contribution in [2.45, 2.75) is 51.0 Å². The summed E-state index contributed by atoms with van der Waals surface area (Å²) in [6.07, 6.45) is 10.3. The molecule has 1 aromatic rings. The zero-order chi connectivity index (χ0) is 14.5. The molecule has 1 saturated heterocycles. The molecule has 116 valence electrons. The molecule has 0 atom stereocenters. The molecule has 0 radical (unpaired) electrons. The maximum absolute atomic E-state index is 12.1. The van der Waals surface area contributed by atoms with Crippen molar-refractivity contribution in [3.63, 3.8) is 0 Å². The van der Waals surface area contributed by atoms with E-state index in [1.165, 1.54) is 32.1 Å². The third-order valence-electron chi connectivity index (χ3n) is 4.70. The molecule has 6 heteroatoms. The zero-order valence-corrected chi connectivity index (χ0v) is 12.6. The average molecular weight is 291 g/mol. The summed E-state index contributed by atoms with van der Waals surface area (Å²) in [5.41, 5.74) is 0.448. The van der Waals surface area contributed by atoms with E-state index < -0.39 is 0 Å². The van der Waals surface area contributed by atoms with Crippen molar-refractivity contribution in [2.75, 3.05) is 19.6 Å². The molecule has 2 fully saturated rings. The van der Waals surface area contributed by atoms with E-state index in [0.29, 0.717) is 17.7 Å². The molecule has 0 bridgehead atoms. The summed E-state index contributed by atoms with van der Waals surface area (Å²) in [5.74, 6) is 0.558. The van der Waals surface area contributed by atoms with Gasteiger partial charge in [-0.15, -0.1) is 5.10 Å². The Morgan fingerprint density at radius 3 is 2.76 bits per heavy atom. The van der Waals surface area contributed by atoms with Gasteiger partial charge in [-0.3, -0.25) is 4.79 Å². The number of nitrogens with zero attached hydrogens (tertiary/aromatic N) is 3. The lowest BCUT2D eigenvalue weighted by atomic mass is 9.89. The Morgan fingerprint density at radius 1 is 1.24 bits per heavy atom. The van der Waals surface area contributed by atoms with Gasteiger partial charge < -0.3 is 10.6 Å². The Bertz CT molecular complexity index is 460. The van der Waals surface area contributed by atoms with Crippen LogP contribution in [0.1, 0.15) is 61.5 Å².